The van der Waals surface area contributed by atoms with Gasteiger partial charge in [0.05, 0.1) is 28.2 Å². The smallest absolute Gasteiger partial charge is 0.271 e. The highest BCUT2D eigenvalue weighted by molar-refractivity contribution is 8.19. The van der Waals surface area contributed by atoms with Gasteiger partial charge in [-0.2, -0.15) is 5.10 Å². The summed E-state index contributed by atoms with van der Waals surface area (Å²) >= 11 is 1.38. The number of aryl methyl sites for hydroxylation is 2. The molecule has 5 nitrogen and oxygen atoms in total. The van der Waals surface area contributed by atoms with Crippen LogP contribution in [0, 0.1) is 13.8 Å². The van der Waals surface area contributed by atoms with Gasteiger partial charge >= 0.3 is 0 Å². The third-order valence-electron chi connectivity index (χ3n) is 5.49. The lowest BCUT2D eigenvalue weighted by Crippen LogP contribution is -2.28. The van der Waals surface area contributed by atoms with Gasteiger partial charge in [0.15, 0.2) is 5.17 Å². The first-order chi connectivity index (χ1) is 16.1. The number of aliphatic imine (C=N–C) groups is 1. The lowest BCUT2D eigenvalue weighted by Gasteiger charge is -2.16. The number of aromatic nitrogens is 2. The fourth-order valence-corrected chi connectivity index (χ4v) is 4.79. The lowest BCUT2D eigenvalue weighted by molar-refractivity contribution is -0.113. The molecule has 0 atom stereocenters. The molecule has 2 heterocycles. The van der Waals surface area contributed by atoms with E-state index in [2.05, 4.69) is 10.2 Å². The molecule has 1 saturated heterocycles. The van der Waals surface area contributed by atoms with E-state index in [9.17, 15) is 4.79 Å². The van der Waals surface area contributed by atoms with Crippen molar-refractivity contribution in [1.82, 2.24) is 10.2 Å². The van der Waals surface area contributed by atoms with Crippen LogP contribution in [0.3, 0.4) is 0 Å². The Bertz CT molecular complexity index is 1350. The highest BCUT2D eigenvalue weighted by atomic mass is 32.2. The van der Waals surface area contributed by atoms with Crippen LogP contribution in [0.5, 0.6) is 0 Å². The zero-order valence-electron chi connectivity index (χ0n) is 18.3. The lowest BCUT2D eigenvalue weighted by atomic mass is 10.1. The van der Waals surface area contributed by atoms with Crippen LogP contribution >= 0.6 is 11.8 Å². The average molecular weight is 451 g/mol. The maximum Gasteiger partial charge on any atom is 0.271 e. The predicted octanol–water partition coefficient (Wildman–Crippen LogP) is 6.50. The van der Waals surface area contributed by atoms with Crippen LogP contribution in [0.1, 0.15) is 16.7 Å². The summed E-state index contributed by atoms with van der Waals surface area (Å²) in [4.78, 5) is 20.8. The normalized spacial score (nSPS) is 16.2. The van der Waals surface area contributed by atoms with Gasteiger partial charge < -0.3 is 0 Å². The summed E-state index contributed by atoms with van der Waals surface area (Å²) in [5.41, 5.74) is 6.58. The third-order valence-corrected chi connectivity index (χ3v) is 6.45. The van der Waals surface area contributed by atoms with Crippen molar-refractivity contribution in [3.05, 3.63) is 107 Å². The van der Waals surface area contributed by atoms with Gasteiger partial charge in [0.1, 0.15) is 0 Å². The van der Waals surface area contributed by atoms with Crippen LogP contribution in [0.15, 0.2) is 95.0 Å². The molecule has 1 fully saturated rings. The molecule has 1 N–H and O–H groups in total. The highest BCUT2D eigenvalue weighted by Gasteiger charge is 2.35. The van der Waals surface area contributed by atoms with Crippen molar-refractivity contribution < 1.29 is 4.79 Å². The second-order valence-electron chi connectivity index (χ2n) is 7.79. The summed E-state index contributed by atoms with van der Waals surface area (Å²) in [5, 5.41) is 7.92. The minimum Gasteiger partial charge on any atom is -0.277 e. The van der Waals surface area contributed by atoms with Crippen molar-refractivity contribution in [2.75, 3.05) is 4.90 Å². The van der Waals surface area contributed by atoms with E-state index in [1.807, 2.05) is 98.8 Å². The van der Waals surface area contributed by atoms with Gasteiger partial charge in [-0.3, -0.25) is 14.8 Å². The minimum atomic E-state index is -0.101. The number of amides is 1. The topological polar surface area (TPSA) is 61.4 Å². The zero-order valence-corrected chi connectivity index (χ0v) is 19.1. The van der Waals surface area contributed by atoms with Crippen molar-refractivity contribution in [2.45, 2.75) is 13.8 Å². The Balaban J connectivity index is 1.60. The second kappa shape index (κ2) is 8.92. The fraction of sp³-hybridized carbons (Fsp3) is 0.0741. The van der Waals surface area contributed by atoms with E-state index in [0.29, 0.717) is 10.1 Å². The molecule has 0 unspecified atom stereocenters. The third kappa shape index (κ3) is 4.13. The molecule has 1 aliphatic rings. The number of hydrogen-bond donors (Lipinski definition) is 1. The number of nitrogens with one attached hydrogen (secondary N) is 1. The average Bonchev–Trinajstić information content (AvgIpc) is 3.42. The van der Waals surface area contributed by atoms with Crippen LogP contribution in [0.25, 0.3) is 17.3 Å². The van der Waals surface area contributed by atoms with Crippen molar-refractivity contribution >= 4 is 40.3 Å². The standard InChI is InChI=1S/C27H22N4OS/c1-18-10-9-11-19(2)24(18)29-27-31(22-14-7-4-8-15-22)26(32)23(33-27)16-21-17-28-30-25(21)20-12-5-3-6-13-20/h3-17H,1-2H3,(H,28,30)/b23-16-,29-27?. The molecule has 5 rings (SSSR count). The number of para-hydroxylation sites is 2. The number of H-pyrrole nitrogens is 1. The minimum absolute atomic E-state index is 0.101. The summed E-state index contributed by atoms with van der Waals surface area (Å²) in [5.74, 6) is -0.101. The SMILES string of the molecule is Cc1cccc(C)c1N=C1S/C(=C\c2cn[nH]c2-c2ccccc2)C(=O)N1c1ccccc1. The number of anilines is 1. The molecule has 0 saturated carbocycles. The molecular formula is C27H22N4OS. The van der Waals surface area contributed by atoms with Crippen molar-refractivity contribution in [2.24, 2.45) is 4.99 Å². The van der Waals surface area contributed by atoms with Gasteiger partial charge in [-0.25, -0.2) is 4.99 Å². The summed E-state index contributed by atoms with van der Waals surface area (Å²) in [7, 11) is 0. The zero-order chi connectivity index (χ0) is 22.8. The van der Waals surface area contributed by atoms with Crippen LogP contribution in [-0.2, 0) is 4.79 Å². The first kappa shape index (κ1) is 21.0. The van der Waals surface area contributed by atoms with Gasteiger partial charge in [-0.15, -0.1) is 0 Å². The molecule has 1 aromatic heterocycles. The van der Waals surface area contributed by atoms with Gasteiger partial charge in [-0.1, -0.05) is 66.7 Å². The number of benzene rings is 3. The van der Waals surface area contributed by atoms with Crippen LogP contribution in [-0.4, -0.2) is 21.3 Å². The van der Waals surface area contributed by atoms with E-state index in [4.69, 9.17) is 4.99 Å². The fourth-order valence-electron chi connectivity index (χ4n) is 3.81. The Morgan fingerprint density at radius 2 is 1.58 bits per heavy atom. The maximum absolute atomic E-state index is 13.6. The molecule has 0 aliphatic carbocycles. The quantitative estimate of drug-likeness (QED) is 0.361. The monoisotopic (exact) mass is 450 g/mol. The second-order valence-corrected chi connectivity index (χ2v) is 8.80. The first-order valence-electron chi connectivity index (χ1n) is 10.6. The van der Waals surface area contributed by atoms with Crippen LogP contribution < -0.4 is 4.90 Å². The number of aromatic amines is 1. The van der Waals surface area contributed by atoms with E-state index < -0.39 is 0 Å². The van der Waals surface area contributed by atoms with Crippen LogP contribution in [0.4, 0.5) is 11.4 Å². The first-order valence-corrected chi connectivity index (χ1v) is 11.5. The molecule has 162 valence electrons. The number of thioether (sulfide) groups is 1. The summed E-state index contributed by atoms with van der Waals surface area (Å²) in [6.07, 6.45) is 3.64. The van der Waals surface area contributed by atoms with Crippen molar-refractivity contribution in [3.8, 4) is 11.3 Å². The van der Waals surface area contributed by atoms with Crippen molar-refractivity contribution in [1.29, 1.82) is 0 Å². The summed E-state index contributed by atoms with van der Waals surface area (Å²) in [6, 6.07) is 25.7. The molecule has 0 spiro atoms. The molecular weight excluding hydrogens is 428 g/mol. The molecule has 33 heavy (non-hydrogen) atoms. The van der Waals surface area contributed by atoms with Crippen molar-refractivity contribution in [3.63, 3.8) is 0 Å². The summed E-state index contributed by atoms with van der Waals surface area (Å²) < 4.78 is 0. The number of hydrogen-bond acceptors (Lipinski definition) is 4. The largest absolute Gasteiger partial charge is 0.277 e. The van der Waals surface area contributed by atoms with E-state index in [-0.39, 0.29) is 5.91 Å². The van der Waals surface area contributed by atoms with E-state index in [1.54, 1.807) is 11.1 Å². The molecule has 0 radical (unpaired) electrons. The van der Waals surface area contributed by atoms with Gasteiger partial charge in [0, 0.05) is 11.1 Å². The Hall–Kier alpha value is -3.90. The van der Waals surface area contributed by atoms with E-state index >= 15 is 0 Å². The number of amidine groups is 1. The van der Waals surface area contributed by atoms with Gasteiger partial charge in [0.25, 0.3) is 5.91 Å². The molecule has 3 aromatic carbocycles. The number of nitrogens with zero attached hydrogens (tertiary/aromatic N) is 3. The Morgan fingerprint density at radius 3 is 2.27 bits per heavy atom. The summed E-state index contributed by atoms with van der Waals surface area (Å²) in [6.45, 7) is 4.07. The molecule has 1 aliphatic heterocycles. The predicted molar refractivity (Wildman–Crippen MR) is 137 cm³/mol. The maximum atomic E-state index is 13.6. The van der Waals surface area contributed by atoms with E-state index in [0.717, 1.165) is 39.3 Å². The van der Waals surface area contributed by atoms with E-state index in [1.165, 1.54) is 11.8 Å². The molecule has 6 heteroatoms. The Kier molecular flexibility index (Phi) is 5.67. The number of carbonyl (C=O) groups excluding carboxylic acids is 1. The number of carbonyl (C=O) groups is 1. The molecule has 4 aromatic rings. The molecule has 1 amide bonds. The highest BCUT2D eigenvalue weighted by Crippen LogP contribution is 2.39. The van der Waals surface area contributed by atoms with Gasteiger partial charge in [-0.05, 0) is 54.9 Å². The van der Waals surface area contributed by atoms with Crippen LogP contribution in [0.2, 0.25) is 0 Å². The van der Waals surface area contributed by atoms with Gasteiger partial charge in [0.2, 0.25) is 0 Å². The molecule has 0 bridgehead atoms. The Morgan fingerprint density at radius 1 is 0.909 bits per heavy atom. The Labute approximate surface area is 196 Å². The number of rotatable bonds is 4.